The van der Waals surface area contributed by atoms with Crippen molar-refractivity contribution in [2.24, 2.45) is 0 Å². The number of imidazole rings is 1. The number of aromatic nitrogens is 4. The fourth-order valence-electron chi connectivity index (χ4n) is 2.40. The molecule has 2 aromatic rings. The number of nitrogens with one attached hydrogen (secondary N) is 1. The molecule has 0 saturated carbocycles. The molecule has 2 aromatic heterocycles. The number of H-pyrrole nitrogens is 1. The summed E-state index contributed by atoms with van der Waals surface area (Å²) in [5, 5.41) is 10.1. The number of aromatic amines is 1. The summed E-state index contributed by atoms with van der Waals surface area (Å²) in [5.41, 5.74) is 5.60. The minimum absolute atomic E-state index is 0.00161. The van der Waals surface area contributed by atoms with Crippen LogP contribution in [0.25, 0.3) is 11.2 Å². The predicted molar refractivity (Wildman–Crippen MR) is 71.9 cm³/mol. The normalized spacial score (nSPS) is 26.8. The van der Waals surface area contributed by atoms with Crippen LogP contribution in [-0.4, -0.2) is 36.8 Å². The van der Waals surface area contributed by atoms with Gasteiger partial charge in [0.2, 0.25) is 5.95 Å². The molecule has 1 saturated heterocycles. The number of aliphatic hydroxyl groups excluding tert-OH is 1. The highest BCUT2D eigenvalue weighted by molar-refractivity contribution is 5.70. The molecule has 8 heteroatoms. The van der Waals surface area contributed by atoms with Gasteiger partial charge in [-0.1, -0.05) is 12.2 Å². The molecule has 0 radical (unpaired) electrons. The Morgan fingerprint density at radius 1 is 1.65 bits per heavy atom. The van der Waals surface area contributed by atoms with Gasteiger partial charge in [0, 0.05) is 6.42 Å². The Labute approximate surface area is 113 Å². The lowest BCUT2D eigenvalue weighted by molar-refractivity contribution is -0.0228. The van der Waals surface area contributed by atoms with Crippen LogP contribution >= 0.6 is 0 Å². The predicted octanol–water partition coefficient (Wildman–Crippen LogP) is -0.0737. The van der Waals surface area contributed by atoms with E-state index in [0.29, 0.717) is 12.1 Å². The highest BCUT2D eigenvalue weighted by Crippen LogP contribution is 2.31. The zero-order chi connectivity index (χ0) is 14.3. The summed E-state index contributed by atoms with van der Waals surface area (Å²) in [5.74, 6) is 0.00161. The van der Waals surface area contributed by atoms with E-state index >= 15 is 0 Å². The minimum atomic E-state index is -0.698. The number of fused-ring (bicyclic) bond motifs is 1. The molecule has 3 rings (SSSR count). The average molecular weight is 277 g/mol. The van der Waals surface area contributed by atoms with Gasteiger partial charge >= 0.3 is 0 Å². The number of nitrogens with zero attached hydrogens (tertiary/aromatic N) is 3. The van der Waals surface area contributed by atoms with Crippen molar-refractivity contribution >= 4 is 17.1 Å². The van der Waals surface area contributed by atoms with E-state index in [-0.39, 0.29) is 17.6 Å². The fourth-order valence-corrected chi connectivity index (χ4v) is 2.40. The summed E-state index contributed by atoms with van der Waals surface area (Å²) >= 11 is 0. The number of nitrogens with two attached hydrogens (primary N) is 1. The molecule has 3 heterocycles. The van der Waals surface area contributed by atoms with Crippen LogP contribution in [0.1, 0.15) is 19.6 Å². The van der Waals surface area contributed by atoms with Crippen LogP contribution in [0.2, 0.25) is 0 Å². The van der Waals surface area contributed by atoms with Gasteiger partial charge in [0.25, 0.3) is 5.56 Å². The third-order valence-electron chi connectivity index (χ3n) is 3.25. The maximum atomic E-state index is 11.7. The Hall–Kier alpha value is -2.19. The number of hydrogen-bond acceptors (Lipinski definition) is 6. The summed E-state index contributed by atoms with van der Waals surface area (Å²) in [7, 11) is 0. The Morgan fingerprint density at radius 3 is 3.20 bits per heavy atom. The van der Waals surface area contributed by atoms with E-state index in [0.717, 1.165) is 0 Å². The van der Waals surface area contributed by atoms with Gasteiger partial charge in [-0.05, 0) is 6.92 Å². The Balaban J connectivity index is 2.05. The molecule has 0 bridgehead atoms. The Kier molecular flexibility index (Phi) is 3.03. The zero-order valence-corrected chi connectivity index (χ0v) is 10.9. The van der Waals surface area contributed by atoms with E-state index in [1.165, 1.54) is 10.9 Å². The van der Waals surface area contributed by atoms with Crippen molar-refractivity contribution in [3.8, 4) is 0 Å². The van der Waals surface area contributed by atoms with Crippen molar-refractivity contribution in [1.29, 1.82) is 0 Å². The number of aliphatic hydroxyl groups is 1. The standard InChI is InChI=1S/C12H15N5O3/c1-2-3-6-4-7(18)11(20-6)17-5-14-8-9(17)15-12(13)16-10(8)19/h2-3,5-7,11,18H,4H2,1H3,(H3,13,15,16,19)/b3-2+/t6-,7-,11-/m1/s1. The molecule has 0 aliphatic carbocycles. The second kappa shape index (κ2) is 4.73. The van der Waals surface area contributed by atoms with Crippen molar-refractivity contribution in [2.75, 3.05) is 5.73 Å². The summed E-state index contributed by atoms with van der Waals surface area (Å²) < 4.78 is 7.28. The van der Waals surface area contributed by atoms with Crippen LogP contribution in [-0.2, 0) is 4.74 Å². The molecule has 1 aliphatic heterocycles. The number of hydrogen-bond donors (Lipinski definition) is 3. The number of nitrogen functional groups attached to an aromatic ring is 1. The second-order valence-electron chi connectivity index (χ2n) is 4.67. The smallest absolute Gasteiger partial charge is 0.280 e. The van der Waals surface area contributed by atoms with Crippen molar-refractivity contribution < 1.29 is 9.84 Å². The maximum absolute atomic E-state index is 11.7. The largest absolute Gasteiger partial charge is 0.388 e. The van der Waals surface area contributed by atoms with Crippen LogP contribution < -0.4 is 11.3 Å². The monoisotopic (exact) mass is 277 g/mol. The summed E-state index contributed by atoms with van der Waals surface area (Å²) in [6, 6.07) is 0. The van der Waals surface area contributed by atoms with Gasteiger partial charge < -0.3 is 15.6 Å². The van der Waals surface area contributed by atoms with E-state index in [9.17, 15) is 9.90 Å². The number of anilines is 1. The Bertz CT molecular complexity index is 719. The average Bonchev–Trinajstić information content (AvgIpc) is 2.93. The van der Waals surface area contributed by atoms with E-state index in [1.807, 2.05) is 19.1 Å². The lowest BCUT2D eigenvalue weighted by atomic mass is 10.2. The molecule has 3 atom stereocenters. The quantitative estimate of drug-likeness (QED) is 0.661. The van der Waals surface area contributed by atoms with Crippen LogP contribution in [0, 0.1) is 0 Å². The van der Waals surface area contributed by atoms with Crippen molar-refractivity contribution in [2.45, 2.75) is 31.8 Å². The first-order chi connectivity index (χ1) is 9.60. The van der Waals surface area contributed by atoms with Gasteiger partial charge in [0.15, 0.2) is 17.4 Å². The van der Waals surface area contributed by atoms with E-state index in [4.69, 9.17) is 10.5 Å². The first-order valence-electron chi connectivity index (χ1n) is 6.29. The molecule has 0 aromatic carbocycles. The lowest BCUT2D eigenvalue weighted by Crippen LogP contribution is -2.20. The van der Waals surface area contributed by atoms with Crippen molar-refractivity contribution in [3.05, 3.63) is 28.8 Å². The second-order valence-corrected chi connectivity index (χ2v) is 4.67. The molecule has 4 N–H and O–H groups in total. The number of allylic oxidation sites excluding steroid dienone is 1. The molecule has 0 unspecified atom stereocenters. The van der Waals surface area contributed by atoms with E-state index < -0.39 is 17.9 Å². The van der Waals surface area contributed by atoms with Gasteiger partial charge in [0.1, 0.15) is 6.10 Å². The summed E-state index contributed by atoms with van der Waals surface area (Å²) in [6.45, 7) is 1.89. The topological polar surface area (TPSA) is 119 Å². The third-order valence-corrected chi connectivity index (χ3v) is 3.25. The summed E-state index contributed by atoms with van der Waals surface area (Å²) in [4.78, 5) is 22.1. The third kappa shape index (κ3) is 1.98. The molecule has 1 aliphatic rings. The molecule has 8 nitrogen and oxygen atoms in total. The van der Waals surface area contributed by atoms with E-state index in [2.05, 4.69) is 15.0 Å². The van der Waals surface area contributed by atoms with Crippen LogP contribution in [0.15, 0.2) is 23.3 Å². The van der Waals surface area contributed by atoms with E-state index in [1.54, 1.807) is 0 Å². The zero-order valence-electron chi connectivity index (χ0n) is 10.9. The van der Waals surface area contributed by atoms with Crippen LogP contribution in [0.5, 0.6) is 0 Å². The number of ether oxygens (including phenoxy) is 1. The van der Waals surface area contributed by atoms with Gasteiger partial charge in [-0.15, -0.1) is 0 Å². The molecular formula is C12H15N5O3. The molecule has 1 fully saturated rings. The van der Waals surface area contributed by atoms with Crippen molar-refractivity contribution in [1.82, 2.24) is 19.5 Å². The highest BCUT2D eigenvalue weighted by atomic mass is 16.5. The van der Waals surface area contributed by atoms with Crippen LogP contribution in [0.3, 0.4) is 0 Å². The van der Waals surface area contributed by atoms with Crippen LogP contribution in [0.4, 0.5) is 5.95 Å². The SMILES string of the molecule is C/C=C/[C@@H]1C[C@@H](O)[C@H](n2cnc3c(=O)[nH]c(N)nc32)O1. The first kappa shape index (κ1) is 12.8. The molecule has 0 spiro atoms. The molecule has 106 valence electrons. The van der Waals surface area contributed by atoms with Crippen molar-refractivity contribution in [3.63, 3.8) is 0 Å². The number of rotatable bonds is 2. The van der Waals surface area contributed by atoms with Gasteiger partial charge in [-0.2, -0.15) is 4.98 Å². The molecular weight excluding hydrogens is 262 g/mol. The van der Waals surface area contributed by atoms with Gasteiger partial charge in [0.05, 0.1) is 12.4 Å². The fraction of sp³-hybridized carbons (Fsp3) is 0.417. The van der Waals surface area contributed by atoms with Gasteiger partial charge in [-0.25, -0.2) is 4.98 Å². The first-order valence-corrected chi connectivity index (χ1v) is 6.29. The molecule has 0 amide bonds. The molecule has 20 heavy (non-hydrogen) atoms. The Morgan fingerprint density at radius 2 is 2.45 bits per heavy atom. The maximum Gasteiger partial charge on any atom is 0.280 e. The summed E-state index contributed by atoms with van der Waals surface area (Å²) in [6.07, 6.45) is 4.15. The minimum Gasteiger partial charge on any atom is -0.388 e. The highest BCUT2D eigenvalue weighted by Gasteiger charge is 2.35. The van der Waals surface area contributed by atoms with Gasteiger partial charge in [-0.3, -0.25) is 14.3 Å². The lowest BCUT2D eigenvalue weighted by Gasteiger charge is -2.16.